The molecular weight excluding hydrogens is 260 g/mol. The molecule has 2 heterocycles. The number of H-pyrrole nitrogens is 1. The first-order chi connectivity index (χ1) is 8.50. The zero-order chi connectivity index (χ0) is 13.2. The van der Waals surface area contributed by atoms with Crippen LogP contribution in [-0.2, 0) is 14.9 Å². The van der Waals surface area contributed by atoms with Crippen molar-refractivity contribution in [3.05, 3.63) is 11.8 Å². The second-order valence-corrected chi connectivity index (χ2v) is 5.36. The number of amidine groups is 1. The van der Waals surface area contributed by atoms with E-state index in [9.17, 15) is 8.42 Å². The maximum Gasteiger partial charge on any atom is 0.302 e. The minimum atomic E-state index is -3.68. The maximum atomic E-state index is 12.0. The summed E-state index contributed by atoms with van der Waals surface area (Å²) in [4.78, 5) is 0. The highest BCUT2D eigenvalue weighted by Crippen LogP contribution is 2.14. The number of aromatic nitrogens is 2. The van der Waals surface area contributed by atoms with Gasteiger partial charge in [-0.15, -0.1) is 0 Å². The predicted molar refractivity (Wildman–Crippen MR) is 64.5 cm³/mol. The van der Waals surface area contributed by atoms with Crippen LogP contribution in [0.15, 0.2) is 6.20 Å². The van der Waals surface area contributed by atoms with Crippen LogP contribution < -0.4 is 10.5 Å². The topological polar surface area (TPSA) is 137 Å². The lowest BCUT2D eigenvalue weighted by Crippen LogP contribution is -2.43. The molecule has 0 amide bonds. The molecule has 2 rings (SSSR count). The van der Waals surface area contributed by atoms with E-state index < -0.39 is 10.2 Å². The molecule has 0 bridgehead atoms. The average Bonchev–Trinajstić information content (AvgIpc) is 2.78. The summed E-state index contributed by atoms with van der Waals surface area (Å²) < 4.78 is 32.7. The molecule has 5 N–H and O–H groups in total. The fraction of sp³-hybridized carbons (Fsp3) is 0.500. The molecule has 0 saturated carbocycles. The van der Waals surface area contributed by atoms with E-state index in [1.165, 1.54) is 10.5 Å². The molecule has 9 nitrogen and oxygen atoms in total. The Bertz CT molecular complexity index is 533. The maximum absolute atomic E-state index is 12.0. The van der Waals surface area contributed by atoms with Crippen molar-refractivity contribution in [2.45, 2.75) is 0 Å². The van der Waals surface area contributed by atoms with Gasteiger partial charge in [0.05, 0.1) is 25.0 Å². The van der Waals surface area contributed by atoms with E-state index >= 15 is 0 Å². The van der Waals surface area contributed by atoms with Crippen LogP contribution in [0.4, 0.5) is 5.82 Å². The SMILES string of the molecule is N=C(N)c1cn[nH]c1NS(=O)(=O)N1CCOCC1. The molecule has 0 unspecified atom stereocenters. The molecule has 0 radical (unpaired) electrons. The van der Waals surface area contributed by atoms with Crippen molar-refractivity contribution < 1.29 is 13.2 Å². The number of ether oxygens (including phenoxy) is 1. The number of hydrogen-bond donors (Lipinski definition) is 4. The van der Waals surface area contributed by atoms with Gasteiger partial charge in [0.1, 0.15) is 11.7 Å². The molecular formula is C8H14N6O3S. The van der Waals surface area contributed by atoms with Gasteiger partial charge in [0.15, 0.2) is 0 Å². The molecule has 0 aliphatic carbocycles. The van der Waals surface area contributed by atoms with Gasteiger partial charge >= 0.3 is 10.2 Å². The lowest BCUT2D eigenvalue weighted by Gasteiger charge is -2.26. The molecule has 1 aliphatic heterocycles. The fourth-order valence-corrected chi connectivity index (χ4v) is 2.72. The number of hydrogen-bond acceptors (Lipinski definition) is 5. The molecule has 1 aromatic heterocycles. The summed E-state index contributed by atoms with van der Waals surface area (Å²) in [5.41, 5.74) is 5.53. The molecule has 1 fully saturated rings. The van der Waals surface area contributed by atoms with Crippen molar-refractivity contribution in [2.24, 2.45) is 5.73 Å². The van der Waals surface area contributed by atoms with Gasteiger partial charge in [0.25, 0.3) is 0 Å². The normalized spacial score (nSPS) is 17.6. The Morgan fingerprint density at radius 1 is 1.56 bits per heavy atom. The number of nitrogens with two attached hydrogens (primary N) is 1. The number of morpholine rings is 1. The standard InChI is InChI=1S/C8H14N6O3S/c9-7(10)6-5-11-12-8(6)13-18(15,16)14-1-3-17-4-2-14/h5H,1-4H2,(H3,9,10)(H2,11,12,13). The van der Waals surface area contributed by atoms with E-state index in [0.29, 0.717) is 26.3 Å². The Hall–Kier alpha value is -1.65. The quantitative estimate of drug-likeness (QED) is 0.399. The van der Waals surface area contributed by atoms with Crippen LogP contribution in [0.3, 0.4) is 0 Å². The third kappa shape index (κ3) is 2.60. The molecule has 1 saturated heterocycles. The minimum absolute atomic E-state index is 0.0917. The summed E-state index contributed by atoms with van der Waals surface area (Å²) in [6.45, 7) is 1.31. The molecule has 0 atom stereocenters. The molecule has 100 valence electrons. The van der Waals surface area contributed by atoms with Crippen LogP contribution in [0, 0.1) is 5.41 Å². The van der Waals surface area contributed by atoms with Crippen LogP contribution in [0.5, 0.6) is 0 Å². The van der Waals surface area contributed by atoms with Gasteiger partial charge in [-0.1, -0.05) is 0 Å². The number of nitrogens with zero attached hydrogens (tertiary/aromatic N) is 2. The third-order valence-electron chi connectivity index (χ3n) is 2.47. The Kier molecular flexibility index (Phi) is 3.50. The highest BCUT2D eigenvalue weighted by atomic mass is 32.2. The van der Waals surface area contributed by atoms with Crippen LogP contribution in [0.25, 0.3) is 0 Å². The van der Waals surface area contributed by atoms with Crippen molar-refractivity contribution in [2.75, 3.05) is 31.0 Å². The van der Waals surface area contributed by atoms with Crippen LogP contribution in [0.2, 0.25) is 0 Å². The zero-order valence-electron chi connectivity index (χ0n) is 9.51. The van der Waals surface area contributed by atoms with E-state index in [2.05, 4.69) is 14.9 Å². The highest BCUT2D eigenvalue weighted by molar-refractivity contribution is 7.90. The lowest BCUT2D eigenvalue weighted by atomic mass is 10.3. The highest BCUT2D eigenvalue weighted by Gasteiger charge is 2.25. The van der Waals surface area contributed by atoms with E-state index in [0.717, 1.165) is 0 Å². The number of anilines is 1. The third-order valence-corrected chi connectivity index (χ3v) is 3.98. The van der Waals surface area contributed by atoms with Gasteiger partial charge in [-0.05, 0) is 0 Å². The Balaban J connectivity index is 2.16. The van der Waals surface area contributed by atoms with Crippen molar-refractivity contribution in [3.63, 3.8) is 0 Å². The first-order valence-electron chi connectivity index (χ1n) is 5.24. The Morgan fingerprint density at radius 3 is 2.83 bits per heavy atom. The van der Waals surface area contributed by atoms with E-state index in [1.807, 2.05) is 0 Å². The number of nitrogens with one attached hydrogen (secondary N) is 3. The monoisotopic (exact) mass is 274 g/mol. The Morgan fingerprint density at radius 2 is 2.22 bits per heavy atom. The lowest BCUT2D eigenvalue weighted by molar-refractivity contribution is 0.0733. The molecule has 0 spiro atoms. The van der Waals surface area contributed by atoms with Crippen LogP contribution >= 0.6 is 0 Å². The summed E-state index contributed by atoms with van der Waals surface area (Å²) in [5, 5.41) is 13.4. The first-order valence-corrected chi connectivity index (χ1v) is 6.68. The van der Waals surface area contributed by atoms with Crippen LogP contribution in [0.1, 0.15) is 5.56 Å². The van der Waals surface area contributed by atoms with E-state index in [-0.39, 0.29) is 17.2 Å². The second-order valence-electron chi connectivity index (χ2n) is 3.69. The number of aromatic amines is 1. The van der Waals surface area contributed by atoms with Gasteiger partial charge in [0, 0.05) is 13.1 Å². The number of nitrogen functional groups attached to an aromatic ring is 1. The van der Waals surface area contributed by atoms with Crippen molar-refractivity contribution in [1.82, 2.24) is 14.5 Å². The van der Waals surface area contributed by atoms with Crippen molar-refractivity contribution >= 4 is 21.9 Å². The summed E-state index contributed by atoms with van der Waals surface area (Å²) in [5.74, 6) is -0.169. The summed E-state index contributed by atoms with van der Waals surface area (Å²) >= 11 is 0. The summed E-state index contributed by atoms with van der Waals surface area (Å²) in [6.07, 6.45) is 1.29. The van der Waals surface area contributed by atoms with Gasteiger partial charge in [-0.2, -0.15) is 17.8 Å². The van der Waals surface area contributed by atoms with Gasteiger partial charge in [0.2, 0.25) is 0 Å². The average molecular weight is 274 g/mol. The van der Waals surface area contributed by atoms with Gasteiger partial charge in [-0.3, -0.25) is 15.2 Å². The molecule has 1 aliphatic rings. The molecule has 0 aromatic carbocycles. The predicted octanol–water partition coefficient (Wildman–Crippen LogP) is -1.32. The second kappa shape index (κ2) is 4.92. The van der Waals surface area contributed by atoms with E-state index in [4.69, 9.17) is 15.9 Å². The fourth-order valence-electron chi connectivity index (χ4n) is 1.55. The minimum Gasteiger partial charge on any atom is -0.384 e. The Labute approximate surface area is 104 Å². The van der Waals surface area contributed by atoms with E-state index in [1.54, 1.807) is 0 Å². The largest absolute Gasteiger partial charge is 0.384 e. The smallest absolute Gasteiger partial charge is 0.302 e. The van der Waals surface area contributed by atoms with Gasteiger partial charge in [-0.25, -0.2) is 0 Å². The van der Waals surface area contributed by atoms with Gasteiger partial charge < -0.3 is 10.5 Å². The van der Waals surface area contributed by atoms with Crippen LogP contribution in [-0.4, -0.2) is 55.1 Å². The van der Waals surface area contributed by atoms with Crippen molar-refractivity contribution in [1.29, 1.82) is 5.41 Å². The summed E-state index contributed by atoms with van der Waals surface area (Å²) in [7, 11) is -3.68. The number of rotatable bonds is 4. The molecule has 10 heteroatoms. The first kappa shape index (κ1) is 12.8. The molecule has 18 heavy (non-hydrogen) atoms. The zero-order valence-corrected chi connectivity index (χ0v) is 10.3. The summed E-state index contributed by atoms with van der Waals surface area (Å²) in [6, 6.07) is 0. The van der Waals surface area contributed by atoms with Crippen molar-refractivity contribution in [3.8, 4) is 0 Å². The molecule has 1 aromatic rings.